The van der Waals surface area contributed by atoms with Crippen LogP contribution < -0.4 is 4.74 Å². The van der Waals surface area contributed by atoms with Crippen molar-refractivity contribution in [3.05, 3.63) is 47.5 Å². The zero-order chi connectivity index (χ0) is 18.9. The fraction of sp³-hybridized carbons (Fsp3) is 0.412. The van der Waals surface area contributed by atoms with E-state index in [9.17, 15) is 17.6 Å². The van der Waals surface area contributed by atoms with Crippen molar-refractivity contribution in [3.63, 3.8) is 0 Å². The van der Waals surface area contributed by atoms with Gasteiger partial charge in [0.25, 0.3) is 5.91 Å². The second-order valence-electron chi connectivity index (χ2n) is 6.10. The summed E-state index contributed by atoms with van der Waals surface area (Å²) in [6.07, 6.45) is 3.27. The van der Waals surface area contributed by atoms with Crippen LogP contribution >= 0.6 is 0 Å². The molecule has 0 bridgehead atoms. The molecule has 2 aromatic rings. The molecule has 3 rings (SSSR count). The normalized spacial score (nSPS) is 19.3. The van der Waals surface area contributed by atoms with E-state index in [-0.39, 0.29) is 23.6 Å². The molecular weight excluding hydrogens is 361 g/mol. The van der Waals surface area contributed by atoms with Crippen molar-refractivity contribution < 1.29 is 22.3 Å². The number of ether oxygens (including phenoxy) is 1. The van der Waals surface area contributed by atoms with Crippen molar-refractivity contribution in [2.24, 2.45) is 0 Å². The maximum absolute atomic E-state index is 14.3. The maximum Gasteiger partial charge on any atom is 0.257 e. The molecule has 1 atom stereocenters. The third kappa shape index (κ3) is 3.57. The van der Waals surface area contributed by atoms with Crippen LogP contribution in [0.3, 0.4) is 0 Å². The number of sulfone groups is 1. The number of aryl methyl sites for hydroxylation is 1. The summed E-state index contributed by atoms with van der Waals surface area (Å²) < 4.78 is 45.2. The van der Waals surface area contributed by atoms with E-state index in [0.29, 0.717) is 17.9 Å². The lowest BCUT2D eigenvalue weighted by molar-refractivity contribution is 0.0692. The van der Waals surface area contributed by atoms with Gasteiger partial charge in [-0.15, -0.1) is 0 Å². The number of hydrogen-bond donors (Lipinski definition) is 0. The van der Waals surface area contributed by atoms with E-state index in [1.165, 1.54) is 24.1 Å². The smallest absolute Gasteiger partial charge is 0.257 e. The van der Waals surface area contributed by atoms with Crippen molar-refractivity contribution in [3.8, 4) is 5.75 Å². The number of rotatable bonds is 4. The van der Waals surface area contributed by atoms with Gasteiger partial charge in [0.2, 0.25) is 0 Å². The molecule has 1 aliphatic heterocycles. The van der Waals surface area contributed by atoms with E-state index in [0.717, 1.165) is 6.07 Å². The molecule has 0 saturated carbocycles. The highest BCUT2D eigenvalue weighted by molar-refractivity contribution is 7.91. The first-order chi connectivity index (χ1) is 12.3. The van der Waals surface area contributed by atoms with Crippen LogP contribution in [0.15, 0.2) is 30.6 Å². The number of methoxy groups -OCH3 is 1. The van der Waals surface area contributed by atoms with Crippen molar-refractivity contribution in [1.29, 1.82) is 0 Å². The Kier molecular flexibility index (Phi) is 4.99. The van der Waals surface area contributed by atoms with E-state index in [4.69, 9.17) is 4.74 Å². The first-order valence-corrected chi connectivity index (χ1v) is 10.0. The van der Waals surface area contributed by atoms with Gasteiger partial charge in [0, 0.05) is 30.9 Å². The molecule has 1 aliphatic rings. The molecule has 0 aliphatic carbocycles. The number of benzene rings is 1. The Morgan fingerprint density at radius 2 is 2.19 bits per heavy atom. The van der Waals surface area contributed by atoms with Crippen LogP contribution in [0.4, 0.5) is 4.39 Å². The van der Waals surface area contributed by atoms with Crippen LogP contribution in [0.25, 0.3) is 0 Å². The highest BCUT2D eigenvalue weighted by Crippen LogP contribution is 2.29. The summed E-state index contributed by atoms with van der Waals surface area (Å²) in [5, 5.41) is 4.16. The summed E-state index contributed by atoms with van der Waals surface area (Å²) in [5.41, 5.74) is 0.510. The van der Waals surface area contributed by atoms with Crippen LogP contribution in [0, 0.1) is 5.82 Å². The quantitative estimate of drug-likeness (QED) is 0.805. The predicted molar refractivity (Wildman–Crippen MR) is 93.3 cm³/mol. The highest BCUT2D eigenvalue weighted by Gasteiger charge is 2.37. The van der Waals surface area contributed by atoms with Crippen LogP contribution in [-0.2, 0) is 16.4 Å². The van der Waals surface area contributed by atoms with Crippen molar-refractivity contribution in [2.45, 2.75) is 19.5 Å². The number of amides is 1. The van der Waals surface area contributed by atoms with E-state index >= 15 is 0 Å². The number of halogens is 1. The van der Waals surface area contributed by atoms with Gasteiger partial charge in [-0.1, -0.05) is 0 Å². The third-order valence-corrected chi connectivity index (χ3v) is 6.09. The van der Waals surface area contributed by atoms with Crippen molar-refractivity contribution in [1.82, 2.24) is 14.7 Å². The molecule has 0 N–H and O–H groups in total. The fourth-order valence-corrected chi connectivity index (χ4v) is 4.50. The van der Waals surface area contributed by atoms with Gasteiger partial charge in [-0.2, -0.15) is 5.10 Å². The first-order valence-electron chi connectivity index (χ1n) is 8.22. The van der Waals surface area contributed by atoms with Gasteiger partial charge >= 0.3 is 0 Å². The standard InChI is InChI=1S/C17H20FN3O4S/c1-3-20-10-12(9-19-20)16-11-26(23,24)7-6-21(16)17(22)14-5-4-13(25-2)8-15(14)18/h4-5,8-10,16H,3,6-7,11H2,1-2H3/t16-/m0/s1. The Hall–Kier alpha value is -2.42. The zero-order valence-corrected chi connectivity index (χ0v) is 15.4. The molecule has 1 saturated heterocycles. The summed E-state index contributed by atoms with van der Waals surface area (Å²) >= 11 is 0. The molecule has 0 spiro atoms. The van der Waals surface area contributed by atoms with Crippen LogP contribution in [0.2, 0.25) is 0 Å². The molecule has 1 aromatic heterocycles. The average Bonchev–Trinajstić information content (AvgIpc) is 3.09. The molecule has 26 heavy (non-hydrogen) atoms. The molecule has 0 radical (unpaired) electrons. The maximum atomic E-state index is 14.3. The number of nitrogens with zero attached hydrogens (tertiary/aromatic N) is 3. The van der Waals surface area contributed by atoms with Gasteiger partial charge < -0.3 is 9.64 Å². The lowest BCUT2D eigenvalue weighted by Gasteiger charge is -2.35. The van der Waals surface area contributed by atoms with Gasteiger partial charge in [-0.05, 0) is 19.1 Å². The molecule has 1 aromatic carbocycles. The lowest BCUT2D eigenvalue weighted by atomic mass is 10.1. The van der Waals surface area contributed by atoms with Gasteiger partial charge in [-0.3, -0.25) is 9.48 Å². The Morgan fingerprint density at radius 1 is 1.42 bits per heavy atom. The van der Waals surface area contributed by atoms with E-state index in [2.05, 4.69) is 5.10 Å². The molecule has 1 amide bonds. The predicted octanol–water partition coefficient (Wildman–Crippen LogP) is 1.66. The lowest BCUT2D eigenvalue weighted by Crippen LogP contribution is -2.46. The molecular formula is C17H20FN3O4S. The largest absolute Gasteiger partial charge is 0.497 e. The minimum Gasteiger partial charge on any atom is -0.497 e. The zero-order valence-electron chi connectivity index (χ0n) is 14.6. The second kappa shape index (κ2) is 7.06. The third-order valence-electron chi connectivity index (χ3n) is 4.46. The topological polar surface area (TPSA) is 81.5 Å². The summed E-state index contributed by atoms with van der Waals surface area (Å²) in [6, 6.07) is 3.30. The number of hydrogen-bond acceptors (Lipinski definition) is 5. The molecule has 2 heterocycles. The molecule has 1 fully saturated rings. The Morgan fingerprint density at radius 3 is 2.81 bits per heavy atom. The summed E-state index contributed by atoms with van der Waals surface area (Å²) in [5.74, 6) is -1.29. The highest BCUT2D eigenvalue weighted by atomic mass is 32.2. The Balaban J connectivity index is 1.96. The van der Waals surface area contributed by atoms with Gasteiger partial charge in [-0.25, -0.2) is 12.8 Å². The van der Waals surface area contributed by atoms with E-state index in [1.54, 1.807) is 17.1 Å². The average molecular weight is 381 g/mol. The molecule has 140 valence electrons. The summed E-state index contributed by atoms with van der Waals surface area (Å²) in [7, 11) is -1.88. The number of aromatic nitrogens is 2. The van der Waals surface area contributed by atoms with Crippen LogP contribution in [0.5, 0.6) is 5.75 Å². The summed E-state index contributed by atoms with van der Waals surface area (Å²) in [6.45, 7) is 2.54. The molecule has 7 nitrogen and oxygen atoms in total. The Bertz CT molecular complexity index is 926. The van der Waals surface area contributed by atoms with Crippen LogP contribution in [-0.4, -0.2) is 54.2 Å². The van der Waals surface area contributed by atoms with Crippen LogP contribution in [0.1, 0.15) is 28.9 Å². The van der Waals surface area contributed by atoms with Gasteiger partial charge in [0.1, 0.15) is 11.6 Å². The second-order valence-corrected chi connectivity index (χ2v) is 8.33. The monoisotopic (exact) mass is 381 g/mol. The number of carbonyl (C=O) groups is 1. The van der Waals surface area contributed by atoms with E-state index < -0.39 is 27.6 Å². The minimum atomic E-state index is -3.29. The molecule has 9 heteroatoms. The SMILES string of the molecule is CCn1cc([C@@H]2CS(=O)(=O)CCN2C(=O)c2ccc(OC)cc2F)cn1. The van der Waals surface area contributed by atoms with Gasteiger partial charge in [0.05, 0.1) is 36.4 Å². The fourth-order valence-electron chi connectivity index (χ4n) is 3.00. The molecule has 0 unspecified atom stereocenters. The Labute approximate surface area is 151 Å². The van der Waals surface area contributed by atoms with Crippen molar-refractivity contribution in [2.75, 3.05) is 25.2 Å². The van der Waals surface area contributed by atoms with Gasteiger partial charge in [0.15, 0.2) is 9.84 Å². The number of carbonyl (C=O) groups excluding carboxylic acids is 1. The van der Waals surface area contributed by atoms with Crippen molar-refractivity contribution >= 4 is 15.7 Å². The van der Waals surface area contributed by atoms with E-state index in [1.807, 2.05) is 6.92 Å². The first kappa shape index (κ1) is 18.4. The summed E-state index contributed by atoms with van der Waals surface area (Å²) in [4.78, 5) is 14.3. The minimum absolute atomic E-state index is 0.00854.